The molecule has 1 aromatic carbocycles. The number of methoxy groups -OCH3 is 1. The standard InChI is InChI=1S/C18H28N2O2/c1-13(18(21)20-9-7-19-8-10-20)5-6-16-11-15(3)17(22-4)12-14(16)2/h11-13,19H,5-10H2,1-4H3. The minimum Gasteiger partial charge on any atom is -0.496 e. The number of nitrogens with one attached hydrogen (secondary N) is 1. The van der Waals surface area contributed by atoms with Gasteiger partial charge in [-0.15, -0.1) is 0 Å². The van der Waals surface area contributed by atoms with Crippen LogP contribution in [0, 0.1) is 19.8 Å². The molecule has 1 heterocycles. The number of hydrogen-bond acceptors (Lipinski definition) is 3. The fourth-order valence-electron chi connectivity index (χ4n) is 3.03. The zero-order valence-electron chi connectivity index (χ0n) is 14.2. The first-order chi connectivity index (χ1) is 10.5. The summed E-state index contributed by atoms with van der Waals surface area (Å²) >= 11 is 0. The molecule has 0 saturated carbocycles. The molecule has 0 aromatic heterocycles. The highest BCUT2D eigenvalue weighted by Gasteiger charge is 2.21. The van der Waals surface area contributed by atoms with E-state index in [4.69, 9.17) is 4.74 Å². The topological polar surface area (TPSA) is 41.6 Å². The van der Waals surface area contributed by atoms with Crippen LogP contribution in [0.15, 0.2) is 12.1 Å². The van der Waals surface area contributed by atoms with E-state index in [1.807, 2.05) is 4.90 Å². The molecule has 1 aromatic rings. The van der Waals surface area contributed by atoms with Crippen LogP contribution in [0.3, 0.4) is 0 Å². The Morgan fingerprint density at radius 1 is 1.27 bits per heavy atom. The van der Waals surface area contributed by atoms with E-state index in [1.54, 1.807) is 7.11 Å². The van der Waals surface area contributed by atoms with Gasteiger partial charge in [0.2, 0.25) is 5.91 Å². The lowest BCUT2D eigenvalue weighted by molar-refractivity contribution is -0.135. The van der Waals surface area contributed by atoms with Gasteiger partial charge in [-0.25, -0.2) is 0 Å². The molecule has 1 amide bonds. The summed E-state index contributed by atoms with van der Waals surface area (Å²) in [6.07, 6.45) is 1.84. The normalized spacial score (nSPS) is 16.5. The molecule has 1 saturated heterocycles. The van der Waals surface area contributed by atoms with Crippen LogP contribution in [0.1, 0.15) is 30.0 Å². The van der Waals surface area contributed by atoms with E-state index < -0.39 is 0 Å². The van der Waals surface area contributed by atoms with Crippen LogP contribution in [0.2, 0.25) is 0 Å². The van der Waals surface area contributed by atoms with Crippen LogP contribution < -0.4 is 10.1 Å². The number of carbonyl (C=O) groups is 1. The Bertz CT molecular complexity index is 522. The van der Waals surface area contributed by atoms with Crippen LogP contribution in [0.25, 0.3) is 0 Å². The monoisotopic (exact) mass is 304 g/mol. The summed E-state index contributed by atoms with van der Waals surface area (Å²) in [6, 6.07) is 4.28. The maximum atomic E-state index is 12.4. The zero-order chi connectivity index (χ0) is 16.1. The highest BCUT2D eigenvalue weighted by molar-refractivity contribution is 5.78. The second-order valence-corrected chi connectivity index (χ2v) is 6.26. The van der Waals surface area contributed by atoms with Crippen molar-refractivity contribution >= 4 is 5.91 Å². The Balaban J connectivity index is 1.94. The summed E-state index contributed by atoms with van der Waals surface area (Å²) in [7, 11) is 1.70. The third kappa shape index (κ3) is 4.01. The summed E-state index contributed by atoms with van der Waals surface area (Å²) in [6.45, 7) is 9.73. The number of hydrogen-bond donors (Lipinski definition) is 1. The lowest BCUT2D eigenvalue weighted by Crippen LogP contribution is -2.48. The van der Waals surface area contributed by atoms with Crippen molar-refractivity contribution in [2.24, 2.45) is 5.92 Å². The lowest BCUT2D eigenvalue weighted by atomic mass is 9.95. The third-order valence-corrected chi connectivity index (χ3v) is 4.55. The second-order valence-electron chi connectivity index (χ2n) is 6.26. The minimum atomic E-state index is 0.0832. The van der Waals surface area contributed by atoms with Crippen molar-refractivity contribution in [1.29, 1.82) is 0 Å². The van der Waals surface area contributed by atoms with Gasteiger partial charge in [-0.3, -0.25) is 4.79 Å². The Labute approximate surface area is 133 Å². The Morgan fingerprint density at radius 3 is 2.59 bits per heavy atom. The molecule has 0 radical (unpaired) electrons. The molecule has 1 atom stereocenters. The second kappa shape index (κ2) is 7.63. The molecule has 22 heavy (non-hydrogen) atoms. The maximum absolute atomic E-state index is 12.4. The van der Waals surface area contributed by atoms with Crippen molar-refractivity contribution in [3.63, 3.8) is 0 Å². The maximum Gasteiger partial charge on any atom is 0.225 e. The van der Waals surface area contributed by atoms with Crippen molar-refractivity contribution in [1.82, 2.24) is 10.2 Å². The van der Waals surface area contributed by atoms with Crippen LogP contribution in [-0.2, 0) is 11.2 Å². The molecule has 1 N–H and O–H groups in total. The molecule has 1 fully saturated rings. The summed E-state index contributed by atoms with van der Waals surface area (Å²) in [5.41, 5.74) is 3.71. The Kier molecular flexibility index (Phi) is 5.83. The first-order valence-corrected chi connectivity index (χ1v) is 8.16. The van der Waals surface area contributed by atoms with Crippen LogP contribution in [-0.4, -0.2) is 44.1 Å². The van der Waals surface area contributed by atoms with Crippen molar-refractivity contribution in [2.75, 3.05) is 33.3 Å². The summed E-state index contributed by atoms with van der Waals surface area (Å²) in [4.78, 5) is 14.4. The smallest absolute Gasteiger partial charge is 0.225 e. The van der Waals surface area contributed by atoms with Crippen LogP contribution in [0.5, 0.6) is 5.75 Å². The predicted octanol–water partition coefficient (Wildman–Crippen LogP) is 2.31. The van der Waals surface area contributed by atoms with Crippen LogP contribution in [0.4, 0.5) is 0 Å². The van der Waals surface area contributed by atoms with Crippen LogP contribution >= 0.6 is 0 Å². The number of rotatable bonds is 5. The Morgan fingerprint density at radius 2 is 1.95 bits per heavy atom. The van der Waals surface area contributed by atoms with Gasteiger partial charge in [0.05, 0.1) is 7.11 Å². The molecule has 4 nitrogen and oxygen atoms in total. The van der Waals surface area contributed by atoms with E-state index in [0.717, 1.165) is 50.3 Å². The highest BCUT2D eigenvalue weighted by Crippen LogP contribution is 2.24. The average Bonchev–Trinajstić information content (AvgIpc) is 2.55. The first kappa shape index (κ1) is 16.8. The number of amides is 1. The molecular formula is C18H28N2O2. The van der Waals surface area contributed by atoms with Gasteiger partial charge in [0, 0.05) is 32.1 Å². The third-order valence-electron chi connectivity index (χ3n) is 4.55. The molecule has 4 heteroatoms. The van der Waals surface area contributed by atoms with Crippen molar-refractivity contribution < 1.29 is 9.53 Å². The van der Waals surface area contributed by atoms with E-state index in [1.165, 1.54) is 11.1 Å². The molecule has 1 aliphatic heterocycles. The molecule has 2 rings (SSSR count). The zero-order valence-corrected chi connectivity index (χ0v) is 14.2. The van der Waals surface area contributed by atoms with E-state index in [-0.39, 0.29) is 5.92 Å². The predicted molar refractivity (Wildman–Crippen MR) is 89.4 cm³/mol. The fraction of sp³-hybridized carbons (Fsp3) is 0.611. The van der Waals surface area contributed by atoms with Gasteiger partial charge < -0.3 is 15.0 Å². The number of benzene rings is 1. The first-order valence-electron chi connectivity index (χ1n) is 8.16. The summed E-state index contributed by atoms with van der Waals surface area (Å²) in [5, 5.41) is 3.29. The number of aryl methyl sites for hydroxylation is 3. The molecule has 1 unspecified atom stereocenters. The number of ether oxygens (including phenoxy) is 1. The van der Waals surface area contributed by atoms with E-state index in [9.17, 15) is 4.79 Å². The van der Waals surface area contributed by atoms with Gasteiger partial charge in [-0.05, 0) is 49.4 Å². The largest absolute Gasteiger partial charge is 0.496 e. The van der Waals surface area contributed by atoms with E-state index >= 15 is 0 Å². The average molecular weight is 304 g/mol. The van der Waals surface area contributed by atoms with Gasteiger partial charge in [-0.1, -0.05) is 13.0 Å². The van der Waals surface area contributed by atoms with Gasteiger partial charge in [0.1, 0.15) is 5.75 Å². The van der Waals surface area contributed by atoms with Gasteiger partial charge in [0.15, 0.2) is 0 Å². The molecule has 0 spiro atoms. The van der Waals surface area contributed by atoms with Crippen molar-refractivity contribution in [3.05, 3.63) is 28.8 Å². The number of piperazine rings is 1. The van der Waals surface area contributed by atoms with E-state index in [2.05, 4.69) is 38.2 Å². The van der Waals surface area contributed by atoms with Gasteiger partial charge >= 0.3 is 0 Å². The lowest BCUT2D eigenvalue weighted by Gasteiger charge is -2.30. The van der Waals surface area contributed by atoms with Gasteiger partial charge in [-0.2, -0.15) is 0 Å². The van der Waals surface area contributed by atoms with Crippen molar-refractivity contribution in [3.8, 4) is 5.75 Å². The number of nitrogens with zero attached hydrogens (tertiary/aromatic N) is 1. The molecular weight excluding hydrogens is 276 g/mol. The molecule has 1 aliphatic rings. The quantitative estimate of drug-likeness (QED) is 0.907. The summed E-state index contributed by atoms with van der Waals surface area (Å²) < 4.78 is 5.36. The van der Waals surface area contributed by atoms with Crippen molar-refractivity contribution in [2.45, 2.75) is 33.6 Å². The summed E-state index contributed by atoms with van der Waals surface area (Å²) in [5.74, 6) is 1.32. The van der Waals surface area contributed by atoms with Gasteiger partial charge in [0.25, 0.3) is 0 Å². The molecule has 0 aliphatic carbocycles. The SMILES string of the molecule is COc1cc(C)c(CCC(C)C(=O)N2CCNCC2)cc1C. The van der Waals surface area contributed by atoms with E-state index in [0.29, 0.717) is 5.91 Å². The number of carbonyl (C=O) groups excluding carboxylic acids is 1. The Hall–Kier alpha value is -1.55. The molecule has 0 bridgehead atoms. The fourth-order valence-corrected chi connectivity index (χ4v) is 3.03. The minimum absolute atomic E-state index is 0.0832. The molecule has 122 valence electrons. The highest BCUT2D eigenvalue weighted by atomic mass is 16.5.